The fourth-order valence-corrected chi connectivity index (χ4v) is 2.04. The highest BCUT2D eigenvalue weighted by molar-refractivity contribution is 5.79. The SMILES string of the molecule is COc1ccc(CC(=O)NCc2ccc(F)cc2)c(OC)c1. The highest BCUT2D eigenvalue weighted by Gasteiger charge is 2.10. The van der Waals surface area contributed by atoms with Gasteiger partial charge in [0.25, 0.3) is 0 Å². The third-order valence-electron chi connectivity index (χ3n) is 3.25. The Morgan fingerprint density at radius 3 is 2.45 bits per heavy atom. The number of amides is 1. The highest BCUT2D eigenvalue weighted by Crippen LogP contribution is 2.24. The number of hydrogen-bond acceptors (Lipinski definition) is 3. The Hall–Kier alpha value is -2.56. The van der Waals surface area contributed by atoms with Crippen molar-refractivity contribution in [1.82, 2.24) is 5.32 Å². The average molecular weight is 303 g/mol. The minimum atomic E-state index is -0.293. The Morgan fingerprint density at radius 1 is 1.09 bits per heavy atom. The quantitative estimate of drug-likeness (QED) is 0.892. The fourth-order valence-electron chi connectivity index (χ4n) is 2.04. The van der Waals surface area contributed by atoms with E-state index in [0.717, 1.165) is 11.1 Å². The summed E-state index contributed by atoms with van der Waals surface area (Å²) >= 11 is 0. The van der Waals surface area contributed by atoms with Crippen LogP contribution in [0.1, 0.15) is 11.1 Å². The standard InChI is InChI=1S/C17H18FNO3/c1-21-15-8-5-13(16(10-15)22-2)9-17(20)19-11-12-3-6-14(18)7-4-12/h3-8,10H,9,11H2,1-2H3,(H,19,20). The molecule has 0 aromatic heterocycles. The average Bonchev–Trinajstić information content (AvgIpc) is 2.54. The summed E-state index contributed by atoms with van der Waals surface area (Å²) in [6, 6.07) is 11.3. The number of carbonyl (C=O) groups is 1. The lowest BCUT2D eigenvalue weighted by Gasteiger charge is -2.11. The molecule has 2 aromatic carbocycles. The molecule has 0 unspecified atom stereocenters. The molecule has 0 saturated heterocycles. The maximum Gasteiger partial charge on any atom is 0.224 e. The Balaban J connectivity index is 1.95. The van der Waals surface area contributed by atoms with Crippen LogP contribution in [0.25, 0.3) is 0 Å². The number of halogens is 1. The largest absolute Gasteiger partial charge is 0.497 e. The van der Waals surface area contributed by atoms with Gasteiger partial charge < -0.3 is 14.8 Å². The number of benzene rings is 2. The first-order chi connectivity index (χ1) is 10.6. The molecular formula is C17H18FNO3. The zero-order valence-electron chi connectivity index (χ0n) is 12.6. The summed E-state index contributed by atoms with van der Waals surface area (Å²) in [4.78, 5) is 12.0. The maximum atomic E-state index is 12.8. The molecule has 0 aliphatic rings. The molecule has 2 rings (SSSR count). The zero-order chi connectivity index (χ0) is 15.9. The second-order valence-electron chi connectivity index (χ2n) is 4.76. The van der Waals surface area contributed by atoms with E-state index in [1.54, 1.807) is 44.6 Å². The maximum absolute atomic E-state index is 12.8. The predicted octanol–water partition coefficient (Wildman–Crippen LogP) is 2.70. The monoisotopic (exact) mass is 303 g/mol. The first-order valence-electron chi connectivity index (χ1n) is 6.84. The third kappa shape index (κ3) is 4.22. The summed E-state index contributed by atoms with van der Waals surface area (Å²) in [6.45, 7) is 0.359. The van der Waals surface area contributed by atoms with Crippen molar-refractivity contribution in [1.29, 1.82) is 0 Å². The van der Waals surface area contributed by atoms with Crippen LogP contribution in [0.15, 0.2) is 42.5 Å². The molecule has 0 fully saturated rings. The molecule has 5 heteroatoms. The Morgan fingerprint density at radius 2 is 1.82 bits per heavy atom. The van der Waals surface area contributed by atoms with Gasteiger partial charge in [0.15, 0.2) is 0 Å². The van der Waals surface area contributed by atoms with Crippen LogP contribution < -0.4 is 14.8 Å². The van der Waals surface area contributed by atoms with Crippen molar-refractivity contribution in [3.8, 4) is 11.5 Å². The van der Waals surface area contributed by atoms with Crippen molar-refractivity contribution in [3.63, 3.8) is 0 Å². The van der Waals surface area contributed by atoms with Crippen molar-refractivity contribution >= 4 is 5.91 Å². The summed E-state index contributed by atoms with van der Waals surface area (Å²) in [7, 11) is 3.12. The molecule has 0 saturated carbocycles. The van der Waals surface area contributed by atoms with Gasteiger partial charge in [-0.2, -0.15) is 0 Å². The van der Waals surface area contributed by atoms with Gasteiger partial charge in [0, 0.05) is 18.2 Å². The molecule has 0 radical (unpaired) electrons. The predicted molar refractivity (Wildman–Crippen MR) is 81.5 cm³/mol. The van der Waals surface area contributed by atoms with E-state index >= 15 is 0 Å². The third-order valence-corrected chi connectivity index (χ3v) is 3.25. The molecule has 0 spiro atoms. The van der Waals surface area contributed by atoms with Crippen molar-refractivity contribution in [2.75, 3.05) is 14.2 Å². The van der Waals surface area contributed by atoms with Gasteiger partial charge in [0.2, 0.25) is 5.91 Å². The van der Waals surface area contributed by atoms with Crippen LogP contribution in [0, 0.1) is 5.82 Å². The summed E-state index contributed by atoms with van der Waals surface area (Å²) in [5, 5.41) is 2.80. The first-order valence-corrected chi connectivity index (χ1v) is 6.84. The van der Waals surface area contributed by atoms with Gasteiger partial charge in [0.05, 0.1) is 20.6 Å². The second kappa shape index (κ2) is 7.45. The van der Waals surface area contributed by atoms with Crippen LogP contribution in [0.4, 0.5) is 4.39 Å². The molecule has 0 bridgehead atoms. The van der Waals surface area contributed by atoms with Crippen LogP contribution in [-0.2, 0) is 17.8 Å². The number of ether oxygens (including phenoxy) is 2. The van der Waals surface area contributed by atoms with Crippen molar-refractivity contribution in [2.45, 2.75) is 13.0 Å². The fraction of sp³-hybridized carbons (Fsp3) is 0.235. The Bertz CT molecular complexity index is 641. The Labute approximate surface area is 128 Å². The van der Waals surface area contributed by atoms with E-state index in [0.29, 0.717) is 18.0 Å². The normalized spacial score (nSPS) is 10.1. The van der Waals surface area contributed by atoms with Crippen LogP contribution in [0.5, 0.6) is 11.5 Å². The topological polar surface area (TPSA) is 47.6 Å². The summed E-state index contributed by atoms with van der Waals surface area (Å²) in [5.41, 5.74) is 1.62. The number of rotatable bonds is 6. The number of hydrogen-bond donors (Lipinski definition) is 1. The second-order valence-corrected chi connectivity index (χ2v) is 4.76. The van der Waals surface area contributed by atoms with E-state index < -0.39 is 0 Å². The van der Waals surface area contributed by atoms with Gasteiger partial charge in [0.1, 0.15) is 17.3 Å². The van der Waals surface area contributed by atoms with Crippen molar-refractivity contribution < 1.29 is 18.7 Å². The molecule has 0 aliphatic carbocycles. The van der Waals surface area contributed by atoms with Crippen LogP contribution in [-0.4, -0.2) is 20.1 Å². The molecule has 22 heavy (non-hydrogen) atoms. The van der Waals surface area contributed by atoms with E-state index in [1.165, 1.54) is 12.1 Å². The van der Waals surface area contributed by atoms with E-state index in [4.69, 9.17) is 9.47 Å². The lowest BCUT2D eigenvalue weighted by atomic mass is 10.1. The summed E-state index contributed by atoms with van der Waals surface area (Å²) in [6.07, 6.45) is 0.203. The molecule has 0 atom stereocenters. The van der Waals surface area contributed by atoms with Crippen LogP contribution >= 0.6 is 0 Å². The van der Waals surface area contributed by atoms with Crippen LogP contribution in [0.2, 0.25) is 0 Å². The first kappa shape index (κ1) is 15.8. The van der Waals surface area contributed by atoms with Gasteiger partial charge in [-0.25, -0.2) is 4.39 Å². The lowest BCUT2D eigenvalue weighted by molar-refractivity contribution is -0.120. The van der Waals surface area contributed by atoms with E-state index in [2.05, 4.69) is 5.32 Å². The molecule has 0 aliphatic heterocycles. The van der Waals surface area contributed by atoms with Crippen LogP contribution in [0.3, 0.4) is 0 Å². The minimum absolute atomic E-state index is 0.132. The van der Waals surface area contributed by atoms with Gasteiger partial charge in [-0.1, -0.05) is 18.2 Å². The smallest absolute Gasteiger partial charge is 0.224 e. The van der Waals surface area contributed by atoms with Crippen molar-refractivity contribution in [2.24, 2.45) is 0 Å². The van der Waals surface area contributed by atoms with Gasteiger partial charge in [-0.3, -0.25) is 4.79 Å². The number of nitrogens with one attached hydrogen (secondary N) is 1. The van der Waals surface area contributed by atoms with E-state index in [-0.39, 0.29) is 18.1 Å². The lowest BCUT2D eigenvalue weighted by Crippen LogP contribution is -2.24. The van der Waals surface area contributed by atoms with Crippen molar-refractivity contribution in [3.05, 3.63) is 59.4 Å². The zero-order valence-corrected chi connectivity index (χ0v) is 12.6. The van der Waals surface area contributed by atoms with E-state index in [1.807, 2.05) is 0 Å². The molecule has 2 aromatic rings. The molecule has 1 N–H and O–H groups in total. The van der Waals surface area contributed by atoms with E-state index in [9.17, 15) is 9.18 Å². The molecule has 0 heterocycles. The summed E-state index contributed by atoms with van der Waals surface area (Å²) < 4.78 is 23.2. The number of methoxy groups -OCH3 is 2. The molecule has 116 valence electrons. The van der Waals surface area contributed by atoms with Gasteiger partial charge >= 0.3 is 0 Å². The van der Waals surface area contributed by atoms with Gasteiger partial charge in [-0.15, -0.1) is 0 Å². The molecule has 1 amide bonds. The highest BCUT2D eigenvalue weighted by atomic mass is 19.1. The Kier molecular flexibility index (Phi) is 5.36. The minimum Gasteiger partial charge on any atom is -0.497 e. The van der Waals surface area contributed by atoms with Gasteiger partial charge in [-0.05, 0) is 23.8 Å². The molecular weight excluding hydrogens is 285 g/mol. The summed E-state index contributed by atoms with van der Waals surface area (Å²) in [5.74, 6) is 0.856. The molecule has 4 nitrogen and oxygen atoms in total. The number of carbonyl (C=O) groups excluding carboxylic acids is 1.